The Kier molecular flexibility index (Phi) is 3.58. The van der Waals surface area contributed by atoms with Crippen molar-refractivity contribution in [3.8, 4) is 16.9 Å². The summed E-state index contributed by atoms with van der Waals surface area (Å²) < 4.78 is 5.16. The summed E-state index contributed by atoms with van der Waals surface area (Å²) in [5.74, 6) is 0.895. The fourth-order valence-corrected chi connectivity index (χ4v) is 2.11. The molecule has 2 aromatic rings. The topological polar surface area (TPSA) is 9.23 Å². The summed E-state index contributed by atoms with van der Waals surface area (Å²) >= 11 is 0. The van der Waals surface area contributed by atoms with E-state index < -0.39 is 0 Å². The summed E-state index contributed by atoms with van der Waals surface area (Å²) in [7, 11) is 4.46. The maximum atomic E-state index is 5.16. The van der Waals surface area contributed by atoms with Crippen molar-refractivity contribution in [3.05, 3.63) is 54.1 Å². The normalized spacial score (nSPS) is 10.1. The molecular formula is C14H15OP. The standard InChI is InChI=1S/C14H15OP/c1-15-13-8-6-11(7-9-13)14-5-3-2-4-12(14)10-16/h2-9H,10,16H2,1H3. The van der Waals surface area contributed by atoms with Crippen LogP contribution < -0.4 is 4.74 Å². The van der Waals surface area contributed by atoms with E-state index in [2.05, 4.69) is 45.6 Å². The Morgan fingerprint density at radius 3 is 2.31 bits per heavy atom. The number of hydrogen-bond donors (Lipinski definition) is 0. The van der Waals surface area contributed by atoms with Crippen molar-refractivity contribution in [1.29, 1.82) is 0 Å². The third-order valence-electron chi connectivity index (χ3n) is 2.64. The van der Waals surface area contributed by atoms with E-state index in [4.69, 9.17) is 4.74 Å². The molecule has 0 radical (unpaired) electrons. The van der Waals surface area contributed by atoms with Gasteiger partial charge in [-0.1, -0.05) is 36.4 Å². The van der Waals surface area contributed by atoms with Gasteiger partial charge in [0, 0.05) is 0 Å². The fraction of sp³-hybridized carbons (Fsp3) is 0.143. The third kappa shape index (κ3) is 2.25. The molecule has 0 N–H and O–H groups in total. The van der Waals surface area contributed by atoms with E-state index in [0.717, 1.165) is 11.9 Å². The van der Waals surface area contributed by atoms with Gasteiger partial charge in [-0.2, -0.15) is 0 Å². The first-order valence-corrected chi connectivity index (χ1v) is 6.09. The van der Waals surface area contributed by atoms with Gasteiger partial charge in [-0.05, 0) is 35.0 Å². The zero-order chi connectivity index (χ0) is 11.4. The Balaban J connectivity index is 2.42. The number of hydrogen-bond acceptors (Lipinski definition) is 1. The lowest BCUT2D eigenvalue weighted by molar-refractivity contribution is 0.415. The molecule has 2 heteroatoms. The number of benzene rings is 2. The molecule has 0 bridgehead atoms. The SMILES string of the molecule is COc1ccc(-c2ccccc2CP)cc1. The van der Waals surface area contributed by atoms with E-state index in [1.165, 1.54) is 16.7 Å². The molecule has 1 nitrogen and oxygen atoms in total. The molecule has 0 saturated carbocycles. The van der Waals surface area contributed by atoms with E-state index >= 15 is 0 Å². The quantitative estimate of drug-likeness (QED) is 0.730. The van der Waals surface area contributed by atoms with E-state index in [0.29, 0.717) is 0 Å². The Labute approximate surface area is 98.7 Å². The van der Waals surface area contributed by atoms with Crippen molar-refractivity contribution in [1.82, 2.24) is 0 Å². The van der Waals surface area contributed by atoms with E-state index in [1.807, 2.05) is 12.1 Å². The highest BCUT2D eigenvalue weighted by Gasteiger charge is 2.02. The van der Waals surface area contributed by atoms with Crippen LogP contribution in [0.1, 0.15) is 5.56 Å². The molecule has 0 amide bonds. The Bertz CT molecular complexity index is 462. The van der Waals surface area contributed by atoms with Crippen LogP contribution in [0, 0.1) is 0 Å². The molecule has 2 rings (SSSR count). The molecule has 0 aliphatic carbocycles. The zero-order valence-electron chi connectivity index (χ0n) is 9.31. The van der Waals surface area contributed by atoms with E-state index in [9.17, 15) is 0 Å². The van der Waals surface area contributed by atoms with Crippen LogP contribution in [0.4, 0.5) is 0 Å². The van der Waals surface area contributed by atoms with Gasteiger partial charge in [-0.3, -0.25) is 0 Å². The van der Waals surface area contributed by atoms with Crippen molar-refractivity contribution < 1.29 is 4.74 Å². The third-order valence-corrected chi connectivity index (χ3v) is 3.08. The predicted molar refractivity (Wildman–Crippen MR) is 71.8 cm³/mol. The van der Waals surface area contributed by atoms with Crippen molar-refractivity contribution in [2.75, 3.05) is 7.11 Å². The number of rotatable bonds is 3. The van der Waals surface area contributed by atoms with Crippen molar-refractivity contribution in [2.45, 2.75) is 6.16 Å². The van der Waals surface area contributed by atoms with Gasteiger partial charge in [0.1, 0.15) is 5.75 Å². The van der Waals surface area contributed by atoms with Crippen molar-refractivity contribution in [2.24, 2.45) is 0 Å². The lowest BCUT2D eigenvalue weighted by Crippen LogP contribution is -1.86. The van der Waals surface area contributed by atoms with Gasteiger partial charge >= 0.3 is 0 Å². The summed E-state index contributed by atoms with van der Waals surface area (Å²) in [5.41, 5.74) is 3.87. The van der Waals surface area contributed by atoms with E-state index in [1.54, 1.807) is 7.11 Å². The van der Waals surface area contributed by atoms with Crippen LogP contribution in [0.25, 0.3) is 11.1 Å². The molecule has 2 aromatic carbocycles. The molecule has 0 aliphatic rings. The van der Waals surface area contributed by atoms with Gasteiger partial charge in [0.25, 0.3) is 0 Å². The summed E-state index contributed by atoms with van der Waals surface area (Å²) in [5, 5.41) is 0. The highest BCUT2D eigenvalue weighted by Crippen LogP contribution is 2.26. The molecule has 82 valence electrons. The molecule has 1 unspecified atom stereocenters. The first-order chi connectivity index (χ1) is 7.85. The lowest BCUT2D eigenvalue weighted by Gasteiger charge is -2.08. The van der Waals surface area contributed by atoms with Gasteiger partial charge in [0.05, 0.1) is 7.11 Å². The van der Waals surface area contributed by atoms with Crippen LogP contribution in [-0.2, 0) is 6.16 Å². The van der Waals surface area contributed by atoms with Crippen LogP contribution >= 0.6 is 9.24 Å². The largest absolute Gasteiger partial charge is 0.497 e. The summed E-state index contributed by atoms with van der Waals surface area (Å²) in [6.07, 6.45) is 0.974. The van der Waals surface area contributed by atoms with Gasteiger partial charge in [-0.15, -0.1) is 9.24 Å². The first kappa shape index (κ1) is 11.2. The highest BCUT2D eigenvalue weighted by atomic mass is 31.0. The summed E-state index contributed by atoms with van der Waals surface area (Å²) in [6.45, 7) is 0. The summed E-state index contributed by atoms with van der Waals surface area (Å²) in [4.78, 5) is 0. The van der Waals surface area contributed by atoms with Crippen LogP contribution in [-0.4, -0.2) is 7.11 Å². The second kappa shape index (κ2) is 5.14. The minimum absolute atomic E-state index is 0.895. The van der Waals surface area contributed by atoms with Crippen LogP contribution in [0.15, 0.2) is 48.5 Å². The molecule has 0 heterocycles. The minimum atomic E-state index is 0.895. The van der Waals surface area contributed by atoms with Gasteiger partial charge in [0.2, 0.25) is 0 Å². The Morgan fingerprint density at radius 1 is 1.00 bits per heavy atom. The summed E-state index contributed by atoms with van der Waals surface area (Å²) in [6, 6.07) is 16.6. The zero-order valence-corrected chi connectivity index (χ0v) is 10.5. The maximum absolute atomic E-state index is 5.16. The average Bonchev–Trinajstić information content (AvgIpc) is 2.39. The molecule has 0 spiro atoms. The molecule has 1 atom stereocenters. The van der Waals surface area contributed by atoms with Gasteiger partial charge in [0.15, 0.2) is 0 Å². The monoisotopic (exact) mass is 230 g/mol. The molecule has 0 aromatic heterocycles. The predicted octanol–water partition coefficient (Wildman–Crippen LogP) is 3.74. The van der Waals surface area contributed by atoms with Gasteiger partial charge < -0.3 is 4.74 Å². The van der Waals surface area contributed by atoms with Crippen LogP contribution in [0.3, 0.4) is 0 Å². The second-order valence-electron chi connectivity index (χ2n) is 3.59. The Hall–Kier alpha value is -1.33. The molecule has 0 fully saturated rings. The fourth-order valence-electron chi connectivity index (χ4n) is 1.75. The Morgan fingerprint density at radius 2 is 1.69 bits per heavy atom. The van der Waals surface area contributed by atoms with Crippen molar-refractivity contribution in [3.63, 3.8) is 0 Å². The number of methoxy groups -OCH3 is 1. The molecule has 0 saturated heterocycles. The number of ether oxygens (including phenoxy) is 1. The second-order valence-corrected chi connectivity index (χ2v) is 4.00. The lowest BCUT2D eigenvalue weighted by atomic mass is 10.0. The minimum Gasteiger partial charge on any atom is -0.497 e. The van der Waals surface area contributed by atoms with Crippen LogP contribution in [0.2, 0.25) is 0 Å². The maximum Gasteiger partial charge on any atom is 0.118 e. The van der Waals surface area contributed by atoms with Gasteiger partial charge in [-0.25, -0.2) is 0 Å². The molecular weight excluding hydrogens is 215 g/mol. The van der Waals surface area contributed by atoms with E-state index in [-0.39, 0.29) is 0 Å². The van der Waals surface area contributed by atoms with Crippen LogP contribution in [0.5, 0.6) is 5.75 Å². The van der Waals surface area contributed by atoms with Crippen molar-refractivity contribution >= 4 is 9.24 Å². The smallest absolute Gasteiger partial charge is 0.118 e. The first-order valence-electron chi connectivity index (χ1n) is 5.27. The highest BCUT2D eigenvalue weighted by molar-refractivity contribution is 7.15. The molecule has 16 heavy (non-hydrogen) atoms. The average molecular weight is 230 g/mol. The molecule has 0 aliphatic heterocycles.